The van der Waals surface area contributed by atoms with E-state index in [1.165, 1.54) is 6.07 Å². The molecule has 2 atom stereocenters. The lowest BCUT2D eigenvalue weighted by atomic mass is 10.0. The maximum absolute atomic E-state index is 13.9. The Hall–Kier alpha value is -3.03. The van der Waals surface area contributed by atoms with E-state index in [2.05, 4.69) is 26.8 Å². The highest BCUT2D eigenvalue weighted by molar-refractivity contribution is 5.83. The third-order valence-electron chi connectivity index (χ3n) is 6.16. The van der Waals surface area contributed by atoms with Crippen LogP contribution in [0, 0.1) is 17.7 Å². The van der Waals surface area contributed by atoms with Gasteiger partial charge in [-0.05, 0) is 18.6 Å². The summed E-state index contributed by atoms with van der Waals surface area (Å²) < 4.78 is 15.9. The first-order valence-electron chi connectivity index (χ1n) is 10.1. The van der Waals surface area contributed by atoms with E-state index in [1.54, 1.807) is 24.5 Å². The summed E-state index contributed by atoms with van der Waals surface area (Å²) in [6, 6.07) is 6.50. The number of imidazole rings is 1. The number of benzene rings is 1. The molecule has 2 aliphatic heterocycles. The third-order valence-corrected chi connectivity index (χ3v) is 6.16. The van der Waals surface area contributed by atoms with Crippen molar-refractivity contribution in [1.29, 1.82) is 0 Å². The van der Waals surface area contributed by atoms with E-state index >= 15 is 0 Å². The summed E-state index contributed by atoms with van der Waals surface area (Å²) in [5.74, 6) is 1.37. The van der Waals surface area contributed by atoms with Gasteiger partial charge in [0.15, 0.2) is 17.0 Å². The Bertz CT molecular complexity index is 1050. The zero-order valence-electron chi connectivity index (χ0n) is 16.3. The monoisotopic (exact) mass is 394 g/mol. The van der Waals surface area contributed by atoms with Crippen molar-refractivity contribution < 1.29 is 9.18 Å². The molecule has 7 nitrogen and oxygen atoms in total. The molecule has 2 unspecified atom stereocenters. The zero-order chi connectivity index (χ0) is 20.0. The van der Waals surface area contributed by atoms with E-state index in [1.807, 2.05) is 15.8 Å². The lowest BCUT2D eigenvalue weighted by molar-refractivity contribution is -0.129. The minimum absolute atomic E-state index is 0.00200. The maximum atomic E-state index is 13.9. The van der Waals surface area contributed by atoms with Crippen molar-refractivity contribution in [2.24, 2.45) is 11.8 Å². The molecule has 2 aliphatic rings. The number of carbonyl (C=O) groups is 1. The average molecular weight is 394 g/mol. The molecule has 0 spiro atoms. The fraction of sp³-hybridized carbons (Fsp3) is 0.429. The Balaban J connectivity index is 1.27. The number of amides is 1. The predicted octanol–water partition coefficient (Wildman–Crippen LogP) is 2.12. The second-order valence-electron chi connectivity index (χ2n) is 7.89. The van der Waals surface area contributed by atoms with Gasteiger partial charge in [0.05, 0.1) is 12.7 Å². The summed E-state index contributed by atoms with van der Waals surface area (Å²) >= 11 is 0. The highest BCUT2D eigenvalue weighted by atomic mass is 19.1. The molecule has 8 heteroatoms. The second-order valence-corrected chi connectivity index (χ2v) is 7.89. The molecule has 2 saturated heterocycles. The number of aryl methyl sites for hydroxylation is 1. The van der Waals surface area contributed by atoms with E-state index in [4.69, 9.17) is 0 Å². The predicted molar refractivity (Wildman–Crippen MR) is 107 cm³/mol. The minimum Gasteiger partial charge on any atom is -0.354 e. The summed E-state index contributed by atoms with van der Waals surface area (Å²) in [6.45, 7) is 6.00. The number of anilines is 1. The Morgan fingerprint density at radius 1 is 1.10 bits per heavy atom. The lowest BCUT2D eigenvalue weighted by Gasteiger charge is -2.22. The summed E-state index contributed by atoms with van der Waals surface area (Å²) in [6.07, 6.45) is 3.53. The van der Waals surface area contributed by atoms with Crippen LogP contribution < -0.4 is 4.90 Å². The van der Waals surface area contributed by atoms with Crippen molar-refractivity contribution in [2.45, 2.75) is 19.9 Å². The molecule has 1 amide bonds. The first-order valence-corrected chi connectivity index (χ1v) is 10.1. The third kappa shape index (κ3) is 3.12. The molecular formula is C21H23FN6O. The number of halogens is 1. The standard InChI is InChI=1S/C21H23FN6O/c1-2-26-13-25-19-20(26)23-12-24-21(19)28-10-15-8-27(9-16(15)11-28)18(29)7-14-5-3-4-6-17(14)22/h3-6,12-13,15-16H,2,7-11H2,1H3. The van der Waals surface area contributed by atoms with Crippen LogP contribution in [0.3, 0.4) is 0 Å². The van der Waals surface area contributed by atoms with Crippen LogP contribution in [0.1, 0.15) is 12.5 Å². The molecule has 4 heterocycles. The van der Waals surface area contributed by atoms with E-state index < -0.39 is 0 Å². The van der Waals surface area contributed by atoms with E-state index in [-0.39, 0.29) is 18.1 Å². The van der Waals surface area contributed by atoms with Crippen LogP contribution in [-0.4, -0.2) is 56.5 Å². The average Bonchev–Trinajstić information content (AvgIpc) is 3.42. The molecule has 0 saturated carbocycles. The van der Waals surface area contributed by atoms with Crippen LogP contribution in [0.5, 0.6) is 0 Å². The molecule has 0 N–H and O–H groups in total. The second kappa shape index (κ2) is 7.09. The van der Waals surface area contributed by atoms with Gasteiger partial charge in [-0.15, -0.1) is 0 Å². The molecule has 2 fully saturated rings. The summed E-state index contributed by atoms with van der Waals surface area (Å²) in [5, 5.41) is 0. The molecule has 5 rings (SSSR count). The Labute approximate surface area is 168 Å². The van der Waals surface area contributed by atoms with Crippen molar-refractivity contribution in [3.05, 3.63) is 48.3 Å². The van der Waals surface area contributed by atoms with Gasteiger partial charge in [-0.3, -0.25) is 4.79 Å². The van der Waals surface area contributed by atoms with Crippen LogP contribution in [0.2, 0.25) is 0 Å². The first-order chi connectivity index (χ1) is 14.1. The van der Waals surface area contributed by atoms with E-state index in [9.17, 15) is 9.18 Å². The van der Waals surface area contributed by atoms with Gasteiger partial charge in [-0.1, -0.05) is 18.2 Å². The molecule has 0 bridgehead atoms. The van der Waals surface area contributed by atoms with Gasteiger partial charge in [-0.2, -0.15) is 0 Å². The fourth-order valence-corrected chi connectivity index (χ4v) is 4.62. The molecule has 2 aromatic heterocycles. The number of hydrogen-bond acceptors (Lipinski definition) is 5. The number of carbonyl (C=O) groups excluding carboxylic acids is 1. The number of likely N-dealkylation sites (tertiary alicyclic amines) is 1. The summed E-state index contributed by atoms with van der Waals surface area (Å²) in [7, 11) is 0. The summed E-state index contributed by atoms with van der Waals surface area (Å²) in [5.41, 5.74) is 2.16. The van der Waals surface area contributed by atoms with Crippen molar-refractivity contribution in [2.75, 3.05) is 31.1 Å². The minimum atomic E-state index is -0.314. The number of aromatic nitrogens is 4. The van der Waals surface area contributed by atoms with Gasteiger partial charge in [0.1, 0.15) is 12.1 Å². The van der Waals surface area contributed by atoms with Crippen molar-refractivity contribution in [3.63, 3.8) is 0 Å². The Morgan fingerprint density at radius 3 is 2.59 bits per heavy atom. The van der Waals surface area contributed by atoms with Crippen LogP contribution in [-0.2, 0) is 17.8 Å². The van der Waals surface area contributed by atoms with Crippen molar-refractivity contribution in [3.8, 4) is 0 Å². The van der Waals surface area contributed by atoms with Gasteiger partial charge < -0.3 is 14.4 Å². The van der Waals surface area contributed by atoms with Crippen LogP contribution in [0.4, 0.5) is 10.2 Å². The number of nitrogens with zero attached hydrogens (tertiary/aromatic N) is 6. The van der Waals surface area contributed by atoms with Crippen LogP contribution >= 0.6 is 0 Å². The number of fused-ring (bicyclic) bond motifs is 2. The van der Waals surface area contributed by atoms with Gasteiger partial charge in [0.25, 0.3) is 0 Å². The normalized spacial score (nSPS) is 21.2. The maximum Gasteiger partial charge on any atom is 0.227 e. The van der Waals surface area contributed by atoms with Crippen LogP contribution in [0.15, 0.2) is 36.9 Å². The highest BCUT2D eigenvalue weighted by Gasteiger charge is 2.42. The van der Waals surface area contributed by atoms with E-state index in [0.717, 1.165) is 36.6 Å². The van der Waals surface area contributed by atoms with E-state index in [0.29, 0.717) is 30.5 Å². The molecule has 3 aromatic rings. The SMILES string of the molecule is CCn1cnc2c(N3CC4CN(C(=O)Cc5ccccc5F)CC4C3)ncnc21. The van der Waals surface area contributed by atoms with Gasteiger partial charge in [-0.25, -0.2) is 19.3 Å². The largest absolute Gasteiger partial charge is 0.354 e. The number of hydrogen-bond donors (Lipinski definition) is 0. The molecule has 150 valence electrons. The first kappa shape index (κ1) is 18.0. The molecular weight excluding hydrogens is 371 g/mol. The molecule has 29 heavy (non-hydrogen) atoms. The smallest absolute Gasteiger partial charge is 0.227 e. The van der Waals surface area contributed by atoms with Crippen LogP contribution in [0.25, 0.3) is 11.2 Å². The topological polar surface area (TPSA) is 67.2 Å². The fourth-order valence-electron chi connectivity index (χ4n) is 4.62. The Morgan fingerprint density at radius 2 is 1.86 bits per heavy atom. The zero-order valence-corrected chi connectivity index (χ0v) is 16.3. The van der Waals surface area contributed by atoms with Crippen molar-refractivity contribution >= 4 is 22.9 Å². The molecule has 0 radical (unpaired) electrons. The lowest BCUT2D eigenvalue weighted by Crippen LogP contribution is -2.34. The summed E-state index contributed by atoms with van der Waals surface area (Å²) in [4.78, 5) is 30.2. The quantitative estimate of drug-likeness (QED) is 0.678. The molecule has 1 aromatic carbocycles. The van der Waals surface area contributed by atoms with Gasteiger partial charge in [0, 0.05) is 44.6 Å². The number of rotatable bonds is 4. The molecule has 0 aliphatic carbocycles. The van der Waals surface area contributed by atoms with Gasteiger partial charge in [0.2, 0.25) is 5.91 Å². The Kier molecular flexibility index (Phi) is 4.41. The van der Waals surface area contributed by atoms with Gasteiger partial charge >= 0.3 is 0 Å². The van der Waals surface area contributed by atoms with Crippen molar-refractivity contribution in [1.82, 2.24) is 24.4 Å². The highest BCUT2D eigenvalue weighted by Crippen LogP contribution is 2.35.